The second-order valence-electron chi connectivity index (χ2n) is 4.30. The predicted molar refractivity (Wildman–Crippen MR) is 76.3 cm³/mol. The molecule has 0 amide bonds. The molecule has 2 aromatic rings. The number of nitrogens with zero attached hydrogens (tertiary/aromatic N) is 4. The second-order valence-corrected chi connectivity index (χ2v) is 4.30. The van der Waals surface area contributed by atoms with Crippen molar-refractivity contribution in [3.63, 3.8) is 0 Å². The van der Waals surface area contributed by atoms with Crippen molar-refractivity contribution < 1.29 is 9.45 Å². The van der Waals surface area contributed by atoms with Gasteiger partial charge in [-0.3, -0.25) is 10.1 Å². The highest BCUT2D eigenvalue weighted by molar-refractivity contribution is 5.54. The zero-order valence-electron chi connectivity index (χ0n) is 11.8. The lowest BCUT2D eigenvalue weighted by Crippen LogP contribution is -2.09. The summed E-state index contributed by atoms with van der Waals surface area (Å²) in [4.78, 5) is 18.8. The molecule has 0 aliphatic rings. The Bertz CT molecular complexity index is 627. The molecule has 0 unspecified atom stereocenters. The Hall–Kier alpha value is -2.71. The second kappa shape index (κ2) is 6.64. The van der Waals surface area contributed by atoms with Gasteiger partial charge in [0.05, 0.1) is 17.1 Å². The van der Waals surface area contributed by atoms with E-state index in [2.05, 4.69) is 25.8 Å². The average molecular weight is 292 g/mol. The summed E-state index contributed by atoms with van der Waals surface area (Å²) >= 11 is 0. The van der Waals surface area contributed by atoms with Crippen LogP contribution in [0.4, 0.5) is 17.3 Å². The summed E-state index contributed by atoms with van der Waals surface area (Å²) in [6.45, 7) is 4.76. The molecular formula is C12H16N6O3. The Morgan fingerprint density at radius 3 is 2.57 bits per heavy atom. The zero-order valence-corrected chi connectivity index (χ0v) is 11.8. The summed E-state index contributed by atoms with van der Waals surface area (Å²) in [5.41, 5.74) is -0.0166. The highest BCUT2D eigenvalue weighted by atomic mass is 16.6. The van der Waals surface area contributed by atoms with Crippen LogP contribution in [0, 0.1) is 17.0 Å². The lowest BCUT2D eigenvalue weighted by atomic mass is 10.3. The molecule has 0 fully saturated rings. The zero-order chi connectivity index (χ0) is 15.2. The molecule has 2 N–H and O–H groups in total. The number of hydrogen-bond donors (Lipinski definition) is 2. The van der Waals surface area contributed by atoms with Gasteiger partial charge in [-0.25, -0.2) is 4.98 Å². The number of nitrogens with one attached hydrogen (secondary N) is 2. The van der Waals surface area contributed by atoms with Crippen LogP contribution in [-0.4, -0.2) is 33.1 Å². The Labute approximate surface area is 120 Å². The van der Waals surface area contributed by atoms with Crippen molar-refractivity contribution in [3.8, 4) is 0 Å². The van der Waals surface area contributed by atoms with Gasteiger partial charge in [0.1, 0.15) is 11.6 Å². The van der Waals surface area contributed by atoms with E-state index in [1.54, 1.807) is 6.92 Å². The van der Waals surface area contributed by atoms with Crippen LogP contribution < -0.4 is 10.6 Å². The van der Waals surface area contributed by atoms with Crippen LogP contribution in [0.3, 0.4) is 0 Å². The standard InChI is InChI=1S/C12H16N6O3/c1-3-13-10-6-9(18(19)20)7-11(16-10)14-5-4-12-15-8(2)17-21-12/h6-7H,3-5H2,1-2H3,(H2,13,14,16). The molecule has 9 heteroatoms. The van der Waals surface area contributed by atoms with Crippen molar-refractivity contribution in [2.75, 3.05) is 23.7 Å². The van der Waals surface area contributed by atoms with Gasteiger partial charge in [0.25, 0.3) is 5.69 Å². The van der Waals surface area contributed by atoms with Gasteiger partial charge < -0.3 is 15.2 Å². The topological polar surface area (TPSA) is 119 Å². The summed E-state index contributed by atoms with van der Waals surface area (Å²) in [5, 5.41) is 20.6. The molecule has 112 valence electrons. The first kappa shape index (κ1) is 14.7. The molecule has 2 heterocycles. The minimum absolute atomic E-state index is 0.0166. The van der Waals surface area contributed by atoms with E-state index < -0.39 is 4.92 Å². The SMILES string of the molecule is CCNc1cc([N+](=O)[O-])cc(NCCc2nc(C)no2)n1. The van der Waals surface area contributed by atoms with Crippen LogP contribution in [0.15, 0.2) is 16.7 Å². The Morgan fingerprint density at radius 2 is 2.00 bits per heavy atom. The third kappa shape index (κ3) is 4.13. The molecule has 0 aromatic carbocycles. The lowest BCUT2D eigenvalue weighted by molar-refractivity contribution is -0.384. The van der Waals surface area contributed by atoms with Crippen molar-refractivity contribution in [1.82, 2.24) is 15.1 Å². The molecule has 0 bridgehead atoms. The Kier molecular flexibility index (Phi) is 4.64. The van der Waals surface area contributed by atoms with E-state index in [0.29, 0.717) is 42.9 Å². The van der Waals surface area contributed by atoms with E-state index in [1.807, 2.05) is 6.92 Å². The van der Waals surface area contributed by atoms with Crippen LogP contribution in [0.25, 0.3) is 0 Å². The van der Waals surface area contributed by atoms with Crippen LogP contribution >= 0.6 is 0 Å². The van der Waals surface area contributed by atoms with Gasteiger partial charge in [0, 0.05) is 19.5 Å². The van der Waals surface area contributed by atoms with Gasteiger partial charge in [-0.2, -0.15) is 4.98 Å². The fraction of sp³-hybridized carbons (Fsp3) is 0.417. The van der Waals surface area contributed by atoms with Crippen molar-refractivity contribution >= 4 is 17.3 Å². The average Bonchev–Trinajstić information content (AvgIpc) is 2.84. The normalized spacial score (nSPS) is 10.4. The van der Waals surface area contributed by atoms with Gasteiger partial charge in [0.15, 0.2) is 5.82 Å². The molecule has 0 aliphatic carbocycles. The van der Waals surface area contributed by atoms with E-state index in [1.165, 1.54) is 12.1 Å². The summed E-state index contributed by atoms with van der Waals surface area (Å²) in [7, 11) is 0. The van der Waals surface area contributed by atoms with Crippen LogP contribution in [0.2, 0.25) is 0 Å². The predicted octanol–water partition coefficient (Wildman–Crippen LogP) is 1.77. The summed E-state index contributed by atoms with van der Waals surface area (Å²) in [6.07, 6.45) is 0.516. The molecule has 2 rings (SSSR count). The van der Waals surface area contributed by atoms with Gasteiger partial charge in [-0.1, -0.05) is 5.16 Å². The Morgan fingerprint density at radius 1 is 1.29 bits per heavy atom. The maximum atomic E-state index is 10.9. The number of nitro groups is 1. The molecule has 0 radical (unpaired) electrons. The smallest absolute Gasteiger partial charge is 0.276 e. The van der Waals surface area contributed by atoms with Gasteiger partial charge in [-0.05, 0) is 13.8 Å². The third-order valence-corrected chi connectivity index (χ3v) is 2.59. The highest BCUT2D eigenvalue weighted by Gasteiger charge is 2.11. The fourth-order valence-electron chi connectivity index (χ4n) is 1.72. The van der Waals surface area contributed by atoms with E-state index in [9.17, 15) is 10.1 Å². The van der Waals surface area contributed by atoms with Crippen LogP contribution in [0.5, 0.6) is 0 Å². The molecule has 9 nitrogen and oxygen atoms in total. The minimum Gasteiger partial charge on any atom is -0.370 e. The first-order valence-electron chi connectivity index (χ1n) is 6.52. The number of pyridine rings is 1. The van der Waals surface area contributed by atoms with Crippen molar-refractivity contribution in [1.29, 1.82) is 0 Å². The summed E-state index contributed by atoms with van der Waals surface area (Å²) in [6, 6.07) is 2.79. The molecule has 0 saturated carbocycles. The molecule has 2 aromatic heterocycles. The summed E-state index contributed by atoms with van der Waals surface area (Å²) < 4.78 is 4.98. The fourth-order valence-corrected chi connectivity index (χ4v) is 1.72. The Balaban J connectivity index is 2.02. The molecule has 21 heavy (non-hydrogen) atoms. The van der Waals surface area contributed by atoms with Crippen molar-refractivity contribution in [2.45, 2.75) is 20.3 Å². The maximum absolute atomic E-state index is 10.9. The van der Waals surface area contributed by atoms with Gasteiger partial charge >= 0.3 is 0 Å². The van der Waals surface area contributed by atoms with Crippen molar-refractivity contribution in [2.24, 2.45) is 0 Å². The van der Waals surface area contributed by atoms with Crippen LogP contribution in [0.1, 0.15) is 18.6 Å². The van der Waals surface area contributed by atoms with E-state index in [-0.39, 0.29) is 5.69 Å². The molecule has 0 spiro atoms. The van der Waals surface area contributed by atoms with Crippen molar-refractivity contribution in [3.05, 3.63) is 34.0 Å². The monoisotopic (exact) mass is 292 g/mol. The third-order valence-electron chi connectivity index (χ3n) is 2.59. The molecule has 0 saturated heterocycles. The number of aryl methyl sites for hydroxylation is 1. The number of rotatable bonds is 7. The van der Waals surface area contributed by atoms with E-state index >= 15 is 0 Å². The van der Waals surface area contributed by atoms with Crippen LogP contribution in [-0.2, 0) is 6.42 Å². The number of hydrogen-bond acceptors (Lipinski definition) is 8. The molecule has 0 atom stereocenters. The maximum Gasteiger partial charge on any atom is 0.276 e. The molecular weight excluding hydrogens is 276 g/mol. The largest absolute Gasteiger partial charge is 0.370 e. The van der Waals surface area contributed by atoms with Gasteiger partial charge in [0.2, 0.25) is 5.89 Å². The minimum atomic E-state index is -0.449. The lowest BCUT2D eigenvalue weighted by Gasteiger charge is -2.07. The van der Waals surface area contributed by atoms with Gasteiger partial charge in [-0.15, -0.1) is 0 Å². The van der Waals surface area contributed by atoms with E-state index in [4.69, 9.17) is 4.52 Å². The first-order chi connectivity index (χ1) is 10.1. The number of aromatic nitrogens is 3. The molecule has 0 aliphatic heterocycles. The summed E-state index contributed by atoms with van der Waals surface area (Å²) in [5.74, 6) is 1.98. The first-order valence-corrected chi connectivity index (χ1v) is 6.52. The van der Waals surface area contributed by atoms with E-state index in [0.717, 1.165) is 0 Å². The number of anilines is 2. The highest BCUT2D eigenvalue weighted by Crippen LogP contribution is 2.20. The quantitative estimate of drug-likeness (QED) is 0.585.